The molecule has 0 aromatic carbocycles. The number of aryl methyl sites for hydroxylation is 1. The minimum Gasteiger partial charge on any atom is -0.385 e. The molecule has 0 saturated heterocycles. The smallest absolute Gasteiger partial charge is 0.192 e. The summed E-state index contributed by atoms with van der Waals surface area (Å²) in [6.07, 6.45) is 0.928. The number of nitrogens with one attached hydrogen (secondary N) is 2. The average molecular weight is 450 g/mol. The van der Waals surface area contributed by atoms with Crippen LogP contribution in [0.15, 0.2) is 33.1 Å². The van der Waals surface area contributed by atoms with Gasteiger partial charge in [0.1, 0.15) is 6.54 Å². The van der Waals surface area contributed by atoms with Crippen LogP contribution in [0.5, 0.6) is 0 Å². The predicted molar refractivity (Wildman–Crippen MR) is 103 cm³/mol. The molecule has 2 aromatic rings. The van der Waals surface area contributed by atoms with Crippen LogP contribution in [-0.4, -0.2) is 31.4 Å². The van der Waals surface area contributed by atoms with Gasteiger partial charge in [0.25, 0.3) is 0 Å². The Hall–Kier alpha value is -1.13. The number of ether oxygens (including phenoxy) is 1. The Morgan fingerprint density at radius 1 is 1.43 bits per heavy atom. The molecule has 2 heterocycles. The fourth-order valence-electron chi connectivity index (χ4n) is 1.83. The lowest BCUT2D eigenvalue weighted by Crippen LogP contribution is -2.37. The third kappa shape index (κ3) is 7.80. The summed E-state index contributed by atoms with van der Waals surface area (Å²) in [5.41, 5.74) is 0.867. The first-order chi connectivity index (χ1) is 10.8. The van der Waals surface area contributed by atoms with Crippen LogP contribution < -0.4 is 10.6 Å². The Balaban J connectivity index is 0.00000264. The number of hydrogen-bond donors (Lipinski definition) is 2. The van der Waals surface area contributed by atoms with Gasteiger partial charge in [-0.15, -0.1) is 35.3 Å². The van der Waals surface area contributed by atoms with Gasteiger partial charge < -0.3 is 19.9 Å². The van der Waals surface area contributed by atoms with Crippen LogP contribution in [0, 0.1) is 6.92 Å². The van der Waals surface area contributed by atoms with Crippen LogP contribution >= 0.6 is 35.3 Å². The molecule has 0 aliphatic rings. The van der Waals surface area contributed by atoms with Crippen LogP contribution in [0.25, 0.3) is 0 Å². The number of halogens is 1. The van der Waals surface area contributed by atoms with Gasteiger partial charge in [0.05, 0.1) is 12.2 Å². The first kappa shape index (κ1) is 19.9. The zero-order valence-corrected chi connectivity index (χ0v) is 16.5. The SMILES string of the molecule is COCCCNC(=NCc1cc(C)no1)NCc1cccs1.I. The summed E-state index contributed by atoms with van der Waals surface area (Å²) in [7, 11) is 1.70. The zero-order chi connectivity index (χ0) is 15.6. The summed E-state index contributed by atoms with van der Waals surface area (Å²) in [4.78, 5) is 5.79. The molecule has 0 spiro atoms. The van der Waals surface area contributed by atoms with Crippen molar-refractivity contribution in [2.45, 2.75) is 26.4 Å². The highest BCUT2D eigenvalue weighted by atomic mass is 127. The molecular weight excluding hydrogens is 427 g/mol. The molecule has 0 fully saturated rings. The van der Waals surface area contributed by atoms with Crippen molar-refractivity contribution in [1.29, 1.82) is 0 Å². The lowest BCUT2D eigenvalue weighted by Gasteiger charge is -2.11. The second-order valence-corrected chi connectivity index (χ2v) is 5.84. The maximum Gasteiger partial charge on any atom is 0.192 e. The van der Waals surface area contributed by atoms with Crippen molar-refractivity contribution in [3.05, 3.63) is 39.9 Å². The standard InChI is InChI=1S/C15H22N4O2S.HI/c1-12-9-13(21-19-12)10-17-15(16-6-4-7-20-2)18-11-14-5-3-8-22-14;/h3,5,8-9H,4,6-7,10-11H2,1-2H3,(H2,16,17,18);1H. The van der Waals surface area contributed by atoms with Crippen molar-refractivity contribution in [3.63, 3.8) is 0 Å². The van der Waals surface area contributed by atoms with Gasteiger partial charge in [-0.25, -0.2) is 4.99 Å². The fourth-order valence-corrected chi connectivity index (χ4v) is 2.47. The van der Waals surface area contributed by atoms with Gasteiger partial charge in [-0.1, -0.05) is 11.2 Å². The molecule has 2 rings (SSSR count). The maximum atomic E-state index is 5.18. The van der Waals surface area contributed by atoms with Crippen molar-refractivity contribution in [3.8, 4) is 0 Å². The van der Waals surface area contributed by atoms with Crippen LogP contribution in [0.1, 0.15) is 22.8 Å². The third-order valence-corrected chi connectivity index (χ3v) is 3.77. The molecule has 0 bridgehead atoms. The minimum absolute atomic E-state index is 0. The van der Waals surface area contributed by atoms with Crippen LogP contribution in [0.2, 0.25) is 0 Å². The van der Waals surface area contributed by atoms with Gasteiger partial charge in [0.2, 0.25) is 0 Å². The summed E-state index contributed by atoms with van der Waals surface area (Å²) in [5.74, 6) is 1.52. The Morgan fingerprint density at radius 3 is 2.96 bits per heavy atom. The van der Waals surface area contributed by atoms with Crippen molar-refractivity contribution < 1.29 is 9.26 Å². The highest BCUT2D eigenvalue weighted by Gasteiger charge is 2.03. The average Bonchev–Trinajstić information content (AvgIpc) is 3.17. The number of aromatic nitrogens is 1. The van der Waals surface area contributed by atoms with Gasteiger partial charge >= 0.3 is 0 Å². The van der Waals surface area contributed by atoms with Crippen LogP contribution in [0.3, 0.4) is 0 Å². The van der Waals surface area contributed by atoms with E-state index in [1.54, 1.807) is 18.4 Å². The van der Waals surface area contributed by atoms with Gasteiger partial charge in [0.15, 0.2) is 11.7 Å². The lowest BCUT2D eigenvalue weighted by molar-refractivity contribution is 0.195. The van der Waals surface area contributed by atoms with Gasteiger partial charge in [-0.3, -0.25) is 0 Å². The molecule has 23 heavy (non-hydrogen) atoms. The molecule has 128 valence electrons. The number of methoxy groups -OCH3 is 1. The first-order valence-electron chi connectivity index (χ1n) is 7.23. The summed E-state index contributed by atoms with van der Waals surface area (Å²) < 4.78 is 10.2. The molecule has 0 aliphatic carbocycles. The normalized spacial score (nSPS) is 11.1. The lowest BCUT2D eigenvalue weighted by atomic mass is 10.4. The minimum atomic E-state index is 0. The maximum absolute atomic E-state index is 5.18. The topological polar surface area (TPSA) is 71.7 Å². The second-order valence-electron chi connectivity index (χ2n) is 4.81. The molecule has 0 radical (unpaired) electrons. The van der Waals surface area contributed by atoms with Crippen molar-refractivity contribution in [2.24, 2.45) is 4.99 Å². The third-order valence-electron chi connectivity index (χ3n) is 2.90. The molecule has 2 aromatic heterocycles. The number of guanidine groups is 1. The predicted octanol–water partition coefficient (Wildman–Crippen LogP) is 2.93. The monoisotopic (exact) mass is 450 g/mol. The van der Waals surface area contributed by atoms with E-state index in [1.165, 1.54) is 4.88 Å². The van der Waals surface area contributed by atoms with E-state index in [9.17, 15) is 0 Å². The van der Waals surface area contributed by atoms with E-state index in [-0.39, 0.29) is 24.0 Å². The van der Waals surface area contributed by atoms with E-state index in [0.29, 0.717) is 6.54 Å². The molecule has 0 saturated carbocycles. The Bertz CT molecular complexity index is 572. The molecule has 0 unspecified atom stereocenters. The van der Waals surface area contributed by atoms with Gasteiger partial charge in [-0.05, 0) is 24.8 Å². The molecule has 0 amide bonds. The Kier molecular flexibility index (Phi) is 9.88. The van der Waals surface area contributed by atoms with E-state index < -0.39 is 0 Å². The first-order valence-corrected chi connectivity index (χ1v) is 8.11. The molecule has 2 N–H and O–H groups in total. The summed E-state index contributed by atoms with van der Waals surface area (Å²) in [6, 6.07) is 6.03. The number of hydrogen-bond acceptors (Lipinski definition) is 5. The van der Waals surface area contributed by atoms with E-state index in [4.69, 9.17) is 9.26 Å². The molecular formula is C15H23IN4O2S. The fraction of sp³-hybridized carbons (Fsp3) is 0.467. The van der Waals surface area contributed by atoms with Crippen LogP contribution in [-0.2, 0) is 17.8 Å². The summed E-state index contributed by atoms with van der Waals surface area (Å²) >= 11 is 1.72. The van der Waals surface area contributed by atoms with E-state index in [2.05, 4.69) is 32.2 Å². The quantitative estimate of drug-likeness (QED) is 0.280. The van der Waals surface area contributed by atoms with Gasteiger partial charge in [-0.2, -0.15) is 0 Å². The van der Waals surface area contributed by atoms with Crippen molar-refractivity contribution in [1.82, 2.24) is 15.8 Å². The molecule has 0 atom stereocenters. The van der Waals surface area contributed by atoms with Crippen molar-refractivity contribution >= 4 is 41.3 Å². The van der Waals surface area contributed by atoms with Crippen LogP contribution in [0.4, 0.5) is 0 Å². The van der Waals surface area contributed by atoms with Gasteiger partial charge in [0, 0.05) is 31.2 Å². The Labute approximate surface area is 157 Å². The molecule has 6 nitrogen and oxygen atoms in total. The highest BCUT2D eigenvalue weighted by Crippen LogP contribution is 2.07. The number of aliphatic imine (C=N–C) groups is 1. The van der Waals surface area contributed by atoms with E-state index in [1.807, 2.05) is 19.1 Å². The second kappa shape index (κ2) is 11.4. The van der Waals surface area contributed by atoms with E-state index >= 15 is 0 Å². The van der Waals surface area contributed by atoms with E-state index in [0.717, 1.165) is 43.5 Å². The van der Waals surface area contributed by atoms with Crippen molar-refractivity contribution in [2.75, 3.05) is 20.3 Å². The number of rotatable bonds is 8. The zero-order valence-electron chi connectivity index (χ0n) is 13.4. The summed E-state index contributed by atoms with van der Waals surface area (Å²) in [5, 5.41) is 12.6. The number of nitrogens with zero attached hydrogens (tertiary/aromatic N) is 2. The molecule has 0 aliphatic heterocycles. The number of thiophene rings is 1. The Morgan fingerprint density at radius 2 is 2.30 bits per heavy atom. The largest absolute Gasteiger partial charge is 0.385 e. The molecule has 8 heteroatoms. The summed E-state index contributed by atoms with van der Waals surface area (Å²) in [6.45, 7) is 4.65. The highest BCUT2D eigenvalue weighted by molar-refractivity contribution is 14.0.